The Labute approximate surface area is 149 Å². The summed E-state index contributed by atoms with van der Waals surface area (Å²) in [7, 11) is 3.02. The van der Waals surface area contributed by atoms with Gasteiger partial charge in [-0.05, 0) is 25.1 Å². The number of carbonyl (C=O) groups excluding carboxylic acids is 1. The van der Waals surface area contributed by atoms with Gasteiger partial charge in [0.05, 0.1) is 26.2 Å². The van der Waals surface area contributed by atoms with Gasteiger partial charge in [0, 0.05) is 11.5 Å². The van der Waals surface area contributed by atoms with Crippen molar-refractivity contribution >= 4 is 16.7 Å². The van der Waals surface area contributed by atoms with Crippen LogP contribution in [0.5, 0.6) is 11.5 Å². The van der Waals surface area contributed by atoms with E-state index in [2.05, 4.69) is 5.10 Å². The number of methoxy groups -OCH3 is 2. The Hall–Kier alpha value is -3.35. The molecule has 1 heterocycles. The van der Waals surface area contributed by atoms with Gasteiger partial charge in [-0.1, -0.05) is 18.2 Å². The van der Waals surface area contributed by atoms with Crippen LogP contribution in [-0.2, 0) is 4.74 Å². The van der Waals surface area contributed by atoms with Crippen molar-refractivity contribution in [2.75, 3.05) is 20.8 Å². The van der Waals surface area contributed by atoms with E-state index < -0.39 is 5.97 Å². The van der Waals surface area contributed by atoms with E-state index in [9.17, 15) is 9.59 Å². The van der Waals surface area contributed by atoms with E-state index in [0.717, 1.165) is 4.68 Å². The molecule has 0 saturated heterocycles. The molecule has 2 aromatic carbocycles. The zero-order valence-corrected chi connectivity index (χ0v) is 14.7. The van der Waals surface area contributed by atoms with E-state index in [0.29, 0.717) is 28.0 Å². The number of benzene rings is 2. The fourth-order valence-corrected chi connectivity index (χ4v) is 2.66. The number of hydrogen-bond acceptors (Lipinski definition) is 6. The van der Waals surface area contributed by atoms with Crippen molar-refractivity contribution in [3.8, 4) is 17.2 Å². The van der Waals surface area contributed by atoms with Crippen molar-refractivity contribution in [3.63, 3.8) is 0 Å². The largest absolute Gasteiger partial charge is 0.497 e. The van der Waals surface area contributed by atoms with Crippen molar-refractivity contribution in [1.82, 2.24) is 9.78 Å². The first-order valence-corrected chi connectivity index (χ1v) is 8.02. The molecule has 0 atom stereocenters. The van der Waals surface area contributed by atoms with E-state index in [1.54, 1.807) is 49.4 Å². The summed E-state index contributed by atoms with van der Waals surface area (Å²) in [5.74, 6) is 0.374. The van der Waals surface area contributed by atoms with E-state index in [4.69, 9.17) is 14.2 Å². The third kappa shape index (κ3) is 2.99. The lowest BCUT2D eigenvalue weighted by atomic mass is 10.1. The molecular formula is C19H18N2O5. The normalized spacial score (nSPS) is 10.6. The second kappa shape index (κ2) is 7.26. The Morgan fingerprint density at radius 1 is 1.08 bits per heavy atom. The highest BCUT2D eigenvalue weighted by Gasteiger charge is 2.20. The standard InChI is InChI=1S/C19H18N2O5/c1-4-26-19(23)17-13-7-5-6-8-14(13)18(22)21(20-17)15-10-9-12(24-2)11-16(15)25-3/h5-11H,4H2,1-3H3. The Morgan fingerprint density at radius 3 is 2.46 bits per heavy atom. The van der Waals surface area contributed by atoms with Gasteiger partial charge >= 0.3 is 5.97 Å². The maximum Gasteiger partial charge on any atom is 0.359 e. The van der Waals surface area contributed by atoms with Crippen LogP contribution in [0, 0.1) is 0 Å². The van der Waals surface area contributed by atoms with Crippen LogP contribution in [0.3, 0.4) is 0 Å². The molecule has 7 nitrogen and oxygen atoms in total. The number of ether oxygens (including phenoxy) is 3. The number of fused-ring (bicyclic) bond motifs is 1. The van der Waals surface area contributed by atoms with Gasteiger partial charge in [0.2, 0.25) is 0 Å². The van der Waals surface area contributed by atoms with Crippen LogP contribution >= 0.6 is 0 Å². The lowest BCUT2D eigenvalue weighted by molar-refractivity contribution is 0.0520. The van der Waals surface area contributed by atoms with Crippen molar-refractivity contribution in [2.24, 2.45) is 0 Å². The average molecular weight is 354 g/mol. The summed E-state index contributed by atoms with van der Waals surface area (Å²) < 4.78 is 16.8. The van der Waals surface area contributed by atoms with E-state index in [1.807, 2.05) is 0 Å². The van der Waals surface area contributed by atoms with Crippen molar-refractivity contribution in [1.29, 1.82) is 0 Å². The molecule has 3 aromatic rings. The quantitative estimate of drug-likeness (QED) is 0.655. The number of esters is 1. The van der Waals surface area contributed by atoms with Gasteiger partial charge in [-0.3, -0.25) is 4.79 Å². The fraction of sp³-hybridized carbons (Fsp3) is 0.211. The molecular weight excluding hydrogens is 336 g/mol. The summed E-state index contributed by atoms with van der Waals surface area (Å²) in [4.78, 5) is 25.3. The lowest BCUT2D eigenvalue weighted by Gasteiger charge is -2.14. The molecule has 7 heteroatoms. The topological polar surface area (TPSA) is 79.7 Å². The molecule has 26 heavy (non-hydrogen) atoms. The number of nitrogens with zero attached hydrogens (tertiary/aromatic N) is 2. The predicted molar refractivity (Wildman–Crippen MR) is 96.4 cm³/mol. The smallest absolute Gasteiger partial charge is 0.359 e. The summed E-state index contributed by atoms with van der Waals surface area (Å²) in [6.45, 7) is 1.92. The second-order valence-electron chi connectivity index (χ2n) is 5.37. The van der Waals surface area contributed by atoms with Gasteiger partial charge in [-0.25, -0.2) is 4.79 Å². The van der Waals surface area contributed by atoms with Gasteiger partial charge in [0.1, 0.15) is 17.2 Å². The summed E-state index contributed by atoms with van der Waals surface area (Å²) in [5, 5.41) is 5.07. The molecule has 0 bridgehead atoms. The van der Waals surface area contributed by atoms with E-state index >= 15 is 0 Å². The summed E-state index contributed by atoms with van der Waals surface area (Å²) >= 11 is 0. The maximum absolute atomic E-state index is 12.9. The molecule has 0 spiro atoms. The van der Waals surface area contributed by atoms with Crippen LogP contribution in [0.4, 0.5) is 0 Å². The first-order chi connectivity index (χ1) is 12.6. The predicted octanol–water partition coefficient (Wildman–Crippen LogP) is 2.58. The minimum absolute atomic E-state index is 0.0694. The van der Waals surface area contributed by atoms with Crippen LogP contribution in [0.1, 0.15) is 17.4 Å². The van der Waals surface area contributed by atoms with Crippen LogP contribution in [0.25, 0.3) is 16.5 Å². The van der Waals surface area contributed by atoms with Crippen LogP contribution in [0.2, 0.25) is 0 Å². The maximum atomic E-state index is 12.9. The molecule has 0 aliphatic carbocycles. The molecule has 0 radical (unpaired) electrons. The van der Waals surface area contributed by atoms with Gasteiger partial charge in [-0.15, -0.1) is 0 Å². The Bertz CT molecular complexity index is 1030. The number of rotatable bonds is 5. The lowest BCUT2D eigenvalue weighted by Crippen LogP contribution is -2.25. The molecule has 0 aliphatic rings. The molecule has 3 rings (SSSR count). The van der Waals surface area contributed by atoms with Gasteiger partial charge in [0.25, 0.3) is 5.56 Å². The van der Waals surface area contributed by atoms with Gasteiger partial charge in [0.15, 0.2) is 5.69 Å². The Balaban J connectivity index is 2.32. The monoisotopic (exact) mass is 354 g/mol. The summed E-state index contributed by atoms with van der Waals surface area (Å²) in [6, 6.07) is 11.8. The molecule has 0 N–H and O–H groups in total. The molecule has 0 fully saturated rings. The minimum atomic E-state index is -0.593. The highest BCUT2D eigenvalue weighted by Crippen LogP contribution is 2.27. The van der Waals surface area contributed by atoms with Crippen LogP contribution < -0.4 is 15.0 Å². The van der Waals surface area contributed by atoms with E-state index in [-0.39, 0.29) is 17.9 Å². The van der Waals surface area contributed by atoms with Crippen LogP contribution in [0.15, 0.2) is 47.3 Å². The number of carbonyl (C=O) groups is 1. The first-order valence-electron chi connectivity index (χ1n) is 8.02. The van der Waals surface area contributed by atoms with E-state index in [1.165, 1.54) is 14.2 Å². The SMILES string of the molecule is CCOC(=O)c1nn(-c2ccc(OC)cc2OC)c(=O)c2ccccc12. The van der Waals surface area contributed by atoms with Gasteiger partial charge < -0.3 is 14.2 Å². The Kier molecular flexibility index (Phi) is 4.88. The average Bonchev–Trinajstić information content (AvgIpc) is 2.68. The molecule has 134 valence electrons. The zero-order chi connectivity index (χ0) is 18.7. The third-order valence-corrected chi connectivity index (χ3v) is 3.89. The Morgan fingerprint density at radius 2 is 1.81 bits per heavy atom. The molecule has 0 unspecified atom stereocenters. The third-order valence-electron chi connectivity index (χ3n) is 3.89. The first kappa shape index (κ1) is 17.5. The minimum Gasteiger partial charge on any atom is -0.497 e. The fourth-order valence-electron chi connectivity index (χ4n) is 2.66. The molecule has 0 amide bonds. The summed E-state index contributed by atoms with van der Waals surface area (Å²) in [5.41, 5.74) is 0.103. The van der Waals surface area contributed by atoms with Gasteiger partial charge in [-0.2, -0.15) is 9.78 Å². The highest BCUT2D eigenvalue weighted by atomic mass is 16.5. The summed E-state index contributed by atoms with van der Waals surface area (Å²) in [6.07, 6.45) is 0. The molecule has 0 saturated carbocycles. The highest BCUT2D eigenvalue weighted by molar-refractivity contribution is 6.02. The zero-order valence-electron chi connectivity index (χ0n) is 14.7. The second-order valence-corrected chi connectivity index (χ2v) is 5.37. The van der Waals surface area contributed by atoms with Crippen LogP contribution in [-0.4, -0.2) is 36.6 Å². The van der Waals surface area contributed by atoms with Crippen molar-refractivity contribution in [2.45, 2.75) is 6.92 Å². The molecule has 1 aromatic heterocycles. The van der Waals surface area contributed by atoms with Crippen molar-refractivity contribution < 1.29 is 19.0 Å². The number of aromatic nitrogens is 2. The van der Waals surface area contributed by atoms with Crippen molar-refractivity contribution in [3.05, 3.63) is 58.5 Å². The molecule has 0 aliphatic heterocycles. The number of hydrogen-bond donors (Lipinski definition) is 0.